The lowest BCUT2D eigenvalue weighted by molar-refractivity contribution is 0.670. The van der Waals surface area contributed by atoms with Crippen LogP contribution in [0.5, 0.6) is 0 Å². The molecule has 0 saturated carbocycles. The minimum absolute atomic E-state index is 0.889. The molecule has 12 aromatic rings. The van der Waals surface area contributed by atoms with Crippen LogP contribution in [0.1, 0.15) is 0 Å². The van der Waals surface area contributed by atoms with E-state index < -0.39 is 0 Å². The first-order valence-electron chi connectivity index (χ1n) is 21.4. The van der Waals surface area contributed by atoms with Crippen molar-refractivity contribution in [1.29, 1.82) is 0 Å². The Kier molecular flexibility index (Phi) is 9.06. The van der Waals surface area contributed by atoms with Crippen LogP contribution in [-0.2, 0) is 0 Å². The van der Waals surface area contributed by atoms with E-state index in [0.29, 0.717) is 0 Å². The summed E-state index contributed by atoms with van der Waals surface area (Å²) in [7, 11) is 0. The normalized spacial score (nSPS) is 11.5. The summed E-state index contributed by atoms with van der Waals surface area (Å²) < 4.78 is 9.16. The van der Waals surface area contributed by atoms with Crippen LogP contribution in [0.4, 0.5) is 17.1 Å². The van der Waals surface area contributed by atoms with Crippen LogP contribution in [0.2, 0.25) is 0 Å². The Morgan fingerprint density at radius 2 is 0.825 bits per heavy atom. The Bertz CT molecular complexity index is 3590. The van der Waals surface area contributed by atoms with Crippen LogP contribution >= 0.6 is 11.3 Å². The Labute approximate surface area is 370 Å². The highest BCUT2D eigenvalue weighted by Gasteiger charge is 2.19. The molecule has 12 rings (SSSR count). The highest BCUT2D eigenvalue weighted by molar-refractivity contribution is 7.26. The summed E-state index contributed by atoms with van der Waals surface area (Å²) in [6, 6.07) is 85.3. The molecule has 0 aliphatic rings. The van der Waals surface area contributed by atoms with E-state index in [4.69, 9.17) is 4.42 Å². The molecule has 3 heteroatoms. The summed E-state index contributed by atoms with van der Waals surface area (Å²) in [4.78, 5) is 2.38. The maximum absolute atomic E-state index is 6.52. The Morgan fingerprint density at radius 3 is 1.52 bits per heavy atom. The van der Waals surface area contributed by atoms with Crippen LogP contribution in [0.25, 0.3) is 97.7 Å². The fraction of sp³-hybridized carbons (Fsp3) is 0. The zero-order chi connectivity index (χ0) is 41.7. The second kappa shape index (κ2) is 15.5. The molecule has 0 unspecified atom stereocenters. The number of benzene rings is 10. The van der Waals surface area contributed by atoms with Crippen molar-refractivity contribution in [3.8, 4) is 55.6 Å². The number of nitrogens with zero attached hydrogens (tertiary/aromatic N) is 1. The lowest BCUT2D eigenvalue weighted by atomic mass is 9.93. The topological polar surface area (TPSA) is 16.4 Å². The van der Waals surface area contributed by atoms with Gasteiger partial charge in [-0.25, -0.2) is 0 Å². The minimum atomic E-state index is 0.889. The molecule has 0 saturated heterocycles. The number of furan rings is 1. The number of fused-ring (bicyclic) bond motifs is 6. The predicted octanol–water partition coefficient (Wildman–Crippen LogP) is 17.8. The maximum Gasteiger partial charge on any atom is 0.143 e. The van der Waals surface area contributed by atoms with Gasteiger partial charge in [0.15, 0.2) is 0 Å². The molecule has 63 heavy (non-hydrogen) atoms. The first-order chi connectivity index (χ1) is 31.2. The van der Waals surface area contributed by atoms with Gasteiger partial charge in [0.2, 0.25) is 0 Å². The predicted molar refractivity (Wildman–Crippen MR) is 268 cm³/mol. The fourth-order valence-electron chi connectivity index (χ4n) is 9.24. The van der Waals surface area contributed by atoms with Gasteiger partial charge in [0.25, 0.3) is 0 Å². The zero-order valence-electron chi connectivity index (χ0n) is 34.3. The average Bonchev–Trinajstić information content (AvgIpc) is 3.94. The van der Waals surface area contributed by atoms with E-state index in [0.717, 1.165) is 61.3 Å². The van der Waals surface area contributed by atoms with Gasteiger partial charge < -0.3 is 9.32 Å². The lowest BCUT2D eigenvalue weighted by Gasteiger charge is -2.27. The monoisotopic (exact) mass is 821 g/mol. The summed E-state index contributed by atoms with van der Waals surface area (Å²) in [6.45, 7) is 0. The highest BCUT2D eigenvalue weighted by atomic mass is 32.1. The molecule has 2 aromatic heterocycles. The molecule has 0 bridgehead atoms. The van der Waals surface area contributed by atoms with Gasteiger partial charge in [-0.2, -0.15) is 0 Å². The molecule has 0 aliphatic carbocycles. The van der Waals surface area contributed by atoms with Crippen LogP contribution in [-0.4, -0.2) is 0 Å². The number of rotatable bonds is 8. The Morgan fingerprint density at radius 1 is 0.302 bits per heavy atom. The maximum atomic E-state index is 6.52. The molecule has 2 heterocycles. The molecule has 0 radical (unpaired) electrons. The molecule has 0 spiro atoms. The lowest BCUT2D eigenvalue weighted by Crippen LogP contribution is -2.10. The summed E-state index contributed by atoms with van der Waals surface area (Å²) in [6.07, 6.45) is 0. The first kappa shape index (κ1) is 36.8. The van der Waals surface area contributed by atoms with Gasteiger partial charge >= 0.3 is 0 Å². The van der Waals surface area contributed by atoms with E-state index >= 15 is 0 Å². The molecular weight excluding hydrogens is 783 g/mol. The van der Waals surface area contributed by atoms with Crippen molar-refractivity contribution in [3.63, 3.8) is 0 Å². The Hall–Kier alpha value is -7.98. The van der Waals surface area contributed by atoms with E-state index in [2.05, 4.69) is 235 Å². The third-order valence-electron chi connectivity index (χ3n) is 12.3. The van der Waals surface area contributed by atoms with Gasteiger partial charge in [0, 0.05) is 53.6 Å². The second-order valence-electron chi connectivity index (χ2n) is 16.0. The molecule has 0 aliphatic heterocycles. The van der Waals surface area contributed by atoms with Gasteiger partial charge in [-0.1, -0.05) is 182 Å². The van der Waals surface area contributed by atoms with E-state index in [1.807, 2.05) is 17.4 Å². The van der Waals surface area contributed by atoms with Crippen molar-refractivity contribution in [1.82, 2.24) is 0 Å². The van der Waals surface area contributed by atoms with Gasteiger partial charge in [-0.3, -0.25) is 0 Å². The molecule has 0 N–H and O–H groups in total. The molecular formula is C60H39NOS. The van der Waals surface area contributed by atoms with Crippen molar-refractivity contribution < 1.29 is 4.42 Å². The van der Waals surface area contributed by atoms with Crippen molar-refractivity contribution in [3.05, 3.63) is 237 Å². The van der Waals surface area contributed by atoms with Crippen molar-refractivity contribution in [2.45, 2.75) is 0 Å². The number of para-hydroxylation sites is 1. The summed E-state index contributed by atoms with van der Waals surface area (Å²) in [5, 5.41) is 4.86. The van der Waals surface area contributed by atoms with Crippen molar-refractivity contribution >= 4 is 70.5 Å². The third kappa shape index (κ3) is 6.58. The molecule has 0 atom stereocenters. The number of thiophene rings is 1. The van der Waals surface area contributed by atoms with Crippen molar-refractivity contribution in [2.24, 2.45) is 0 Å². The molecule has 0 amide bonds. The van der Waals surface area contributed by atoms with Crippen LogP contribution in [0.15, 0.2) is 241 Å². The zero-order valence-corrected chi connectivity index (χ0v) is 35.1. The van der Waals surface area contributed by atoms with E-state index in [1.165, 1.54) is 53.6 Å². The second-order valence-corrected chi connectivity index (χ2v) is 17.1. The van der Waals surface area contributed by atoms with Crippen LogP contribution < -0.4 is 4.90 Å². The molecule has 0 fully saturated rings. The largest absolute Gasteiger partial charge is 0.455 e. The smallest absolute Gasteiger partial charge is 0.143 e. The molecule has 296 valence electrons. The van der Waals surface area contributed by atoms with Crippen LogP contribution in [0.3, 0.4) is 0 Å². The van der Waals surface area contributed by atoms with E-state index in [9.17, 15) is 0 Å². The third-order valence-corrected chi connectivity index (χ3v) is 13.5. The quantitative estimate of drug-likeness (QED) is 0.152. The van der Waals surface area contributed by atoms with E-state index in [-0.39, 0.29) is 0 Å². The van der Waals surface area contributed by atoms with Gasteiger partial charge in [0.1, 0.15) is 11.2 Å². The summed E-state index contributed by atoms with van der Waals surface area (Å²) in [5.41, 5.74) is 16.8. The molecule has 2 nitrogen and oxygen atoms in total. The number of hydrogen-bond acceptors (Lipinski definition) is 3. The molecule has 10 aromatic carbocycles. The SMILES string of the molecule is c1ccc(-c2ccc(N(c3ccc(-c4ccc5oc6c(-c7ccccc7)cccc6c5c4)cc3)c3ccc(-c4cccc5c4sc4ccccc45)cc3)cc2-c2ccccc2)cc1. The van der Waals surface area contributed by atoms with Crippen molar-refractivity contribution in [2.75, 3.05) is 4.90 Å². The fourth-order valence-corrected chi connectivity index (χ4v) is 10.5. The minimum Gasteiger partial charge on any atom is -0.455 e. The number of anilines is 3. The first-order valence-corrected chi connectivity index (χ1v) is 22.2. The van der Waals surface area contributed by atoms with Gasteiger partial charge in [-0.15, -0.1) is 11.3 Å². The number of hydrogen-bond donors (Lipinski definition) is 0. The standard InChI is InChI=1S/C60H39NOS/c1-4-14-41(15-5-1)49-36-35-48(39-55(49)43-18-8-3-9-19-43)61(47-33-28-44(29-34-47)51-22-13-24-54-52-20-10-11-25-58(52)63-60(51)54)46-31-26-40(27-32-46)45-30-37-57-56(38-45)53-23-12-21-50(59(53)62-57)42-16-6-2-7-17-42/h1-39H. The highest BCUT2D eigenvalue weighted by Crippen LogP contribution is 2.44. The van der Waals surface area contributed by atoms with E-state index in [1.54, 1.807) is 0 Å². The van der Waals surface area contributed by atoms with Gasteiger partial charge in [-0.05, 0) is 105 Å². The van der Waals surface area contributed by atoms with Gasteiger partial charge in [0.05, 0.1) is 0 Å². The Balaban J connectivity index is 0.967. The van der Waals surface area contributed by atoms with Crippen LogP contribution in [0, 0.1) is 0 Å². The summed E-state index contributed by atoms with van der Waals surface area (Å²) >= 11 is 1.87. The average molecular weight is 822 g/mol. The summed E-state index contributed by atoms with van der Waals surface area (Å²) in [5.74, 6) is 0.